The Balaban J connectivity index is 1.77. The number of hydrogen-bond donors (Lipinski definition) is 2. The Hall–Kier alpha value is -1.76. The molecule has 0 aliphatic carbocycles. The van der Waals surface area contributed by atoms with Crippen molar-refractivity contribution in [3.63, 3.8) is 0 Å². The Morgan fingerprint density at radius 1 is 1.41 bits per heavy atom. The van der Waals surface area contributed by atoms with Gasteiger partial charge in [0.25, 0.3) is 5.91 Å². The van der Waals surface area contributed by atoms with E-state index in [4.69, 9.17) is 10.5 Å². The number of nitrogens with zero attached hydrogens (tertiary/aromatic N) is 1. The van der Waals surface area contributed by atoms with Gasteiger partial charge in [-0.15, -0.1) is 11.3 Å². The SMILES string of the molecule is Cc1nc(-c2ccccc2)c(NC(=O)[C@@H]2CC[C@H](CN)O2)s1. The van der Waals surface area contributed by atoms with E-state index in [-0.39, 0.29) is 12.0 Å². The molecule has 0 spiro atoms. The van der Waals surface area contributed by atoms with Crippen molar-refractivity contribution in [2.75, 3.05) is 11.9 Å². The Bertz CT molecular complexity index is 657. The molecule has 1 fully saturated rings. The molecular weight excluding hydrogens is 298 g/mol. The van der Waals surface area contributed by atoms with Gasteiger partial charge >= 0.3 is 0 Å². The fourth-order valence-corrected chi connectivity index (χ4v) is 3.41. The molecule has 0 radical (unpaired) electrons. The highest BCUT2D eigenvalue weighted by molar-refractivity contribution is 7.16. The number of aromatic nitrogens is 1. The highest BCUT2D eigenvalue weighted by Crippen LogP contribution is 2.33. The summed E-state index contributed by atoms with van der Waals surface area (Å²) in [6, 6.07) is 9.85. The number of carbonyl (C=O) groups is 1. The summed E-state index contributed by atoms with van der Waals surface area (Å²) >= 11 is 1.48. The van der Waals surface area contributed by atoms with Gasteiger partial charge in [0.15, 0.2) is 0 Å². The van der Waals surface area contributed by atoms with E-state index in [1.165, 1.54) is 11.3 Å². The quantitative estimate of drug-likeness (QED) is 0.908. The van der Waals surface area contributed by atoms with Crippen molar-refractivity contribution in [1.29, 1.82) is 0 Å². The van der Waals surface area contributed by atoms with E-state index in [0.717, 1.165) is 27.7 Å². The third-order valence-electron chi connectivity index (χ3n) is 3.68. The van der Waals surface area contributed by atoms with Gasteiger partial charge in [0.2, 0.25) is 0 Å². The van der Waals surface area contributed by atoms with E-state index in [9.17, 15) is 4.79 Å². The van der Waals surface area contributed by atoms with Crippen LogP contribution in [0.5, 0.6) is 0 Å². The third kappa shape index (κ3) is 3.19. The highest BCUT2D eigenvalue weighted by atomic mass is 32.1. The number of aryl methyl sites for hydroxylation is 1. The number of hydrogen-bond acceptors (Lipinski definition) is 5. The Morgan fingerprint density at radius 3 is 2.86 bits per heavy atom. The van der Waals surface area contributed by atoms with Crippen LogP contribution in [0.1, 0.15) is 17.8 Å². The number of amides is 1. The average molecular weight is 317 g/mol. The van der Waals surface area contributed by atoms with Crippen molar-refractivity contribution >= 4 is 22.2 Å². The normalized spacial score (nSPS) is 21.0. The summed E-state index contributed by atoms with van der Waals surface area (Å²) in [6.07, 6.45) is 1.13. The monoisotopic (exact) mass is 317 g/mol. The number of carbonyl (C=O) groups excluding carboxylic acids is 1. The number of thiazole rings is 1. The number of benzene rings is 1. The second kappa shape index (κ2) is 6.56. The van der Waals surface area contributed by atoms with Crippen molar-refractivity contribution in [2.24, 2.45) is 5.73 Å². The van der Waals surface area contributed by atoms with Gasteiger partial charge < -0.3 is 15.8 Å². The van der Waals surface area contributed by atoms with Crippen molar-refractivity contribution in [2.45, 2.75) is 32.0 Å². The van der Waals surface area contributed by atoms with Gasteiger partial charge in [0, 0.05) is 12.1 Å². The van der Waals surface area contributed by atoms with E-state index in [2.05, 4.69) is 10.3 Å². The Morgan fingerprint density at radius 2 is 2.18 bits per heavy atom. The van der Waals surface area contributed by atoms with Crippen LogP contribution in [0, 0.1) is 6.92 Å². The molecule has 1 aromatic heterocycles. The first-order valence-corrected chi connectivity index (χ1v) is 8.18. The maximum atomic E-state index is 12.4. The van der Waals surface area contributed by atoms with E-state index < -0.39 is 6.10 Å². The maximum absolute atomic E-state index is 12.4. The molecule has 0 unspecified atom stereocenters. The lowest BCUT2D eigenvalue weighted by molar-refractivity contribution is -0.126. The molecule has 1 amide bonds. The highest BCUT2D eigenvalue weighted by Gasteiger charge is 2.30. The lowest BCUT2D eigenvalue weighted by atomic mass is 10.1. The van der Waals surface area contributed by atoms with Crippen LogP contribution >= 0.6 is 11.3 Å². The van der Waals surface area contributed by atoms with Gasteiger partial charge in [0.05, 0.1) is 11.1 Å². The topological polar surface area (TPSA) is 77.2 Å². The summed E-state index contributed by atoms with van der Waals surface area (Å²) in [5.41, 5.74) is 7.39. The summed E-state index contributed by atoms with van der Waals surface area (Å²) in [5, 5.41) is 4.66. The molecule has 1 aromatic carbocycles. The van der Waals surface area contributed by atoms with Crippen LogP contribution in [-0.4, -0.2) is 29.6 Å². The van der Waals surface area contributed by atoms with Crippen LogP contribution in [0.4, 0.5) is 5.00 Å². The van der Waals surface area contributed by atoms with Crippen LogP contribution < -0.4 is 11.1 Å². The minimum absolute atomic E-state index is 0.00691. The number of nitrogens with one attached hydrogen (secondary N) is 1. The summed E-state index contributed by atoms with van der Waals surface area (Å²) in [7, 11) is 0. The largest absolute Gasteiger partial charge is 0.364 e. The van der Waals surface area contributed by atoms with Crippen molar-refractivity contribution < 1.29 is 9.53 Å². The zero-order valence-electron chi connectivity index (χ0n) is 12.4. The third-order valence-corrected chi connectivity index (χ3v) is 4.57. The number of rotatable bonds is 4. The molecule has 1 saturated heterocycles. The molecule has 116 valence electrons. The standard InChI is InChI=1S/C16H19N3O2S/c1-10-18-14(11-5-3-2-4-6-11)16(22-10)19-15(20)13-8-7-12(9-17)21-13/h2-6,12-13H,7-9,17H2,1H3,(H,19,20)/t12-,13+/m1/s1. The lowest BCUT2D eigenvalue weighted by Crippen LogP contribution is -2.29. The van der Waals surface area contributed by atoms with Crippen molar-refractivity contribution in [3.05, 3.63) is 35.3 Å². The van der Waals surface area contributed by atoms with Crippen LogP contribution in [0.3, 0.4) is 0 Å². The summed E-state index contributed by atoms with van der Waals surface area (Å²) in [4.78, 5) is 16.9. The molecule has 2 atom stereocenters. The summed E-state index contributed by atoms with van der Waals surface area (Å²) < 4.78 is 5.64. The van der Waals surface area contributed by atoms with E-state index >= 15 is 0 Å². The second-order valence-corrected chi connectivity index (χ2v) is 6.53. The molecule has 3 rings (SSSR count). The molecule has 1 aliphatic heterocycles. The van der Waals surface area contributed by atoms with Gasteiger partial charge in [-0.3, -0.25) is 4.79 Å². The van der Waals surface area contributed by atoms with Crippen molar-refractivity contribution in [1.82, 2.24) is 4.98 Å². The molecule has 0 bridgehead atoms. The van der Waals surface area contributed by atoms with E-state index in [1.54, 1.807) is 0 Å². The minimum atomic E-state index is -0.417. The lowest BCUT2D eigenvalue weighted by Gasteiger charge is -2.12. The predicted molar refractivity (Wildman–Crippen MR) is 87.9 cm³/mol. The summed E-state index contributed by atoms with van der Waals surface area (Å²) in [6.45, 7) is 2.39. The second-order valence-electron chi connectivity index (χ2n) is 5.33. The average Bonchev–Trinajstić information content (AvgIpc) is 3.15. The molecular formula is C16H19N3O2S. The van der Waals surface area contributed by atoms with Gasteiger partial charge in [-0.05, 0) is 19.8 Å². The van der Waals surface area contributed by atoms with Crippen molar-refractivity contribution in [3.8, 4) is 11.3 Å². The molecule has 6 heteroatoms. The predicted octanol–water partition coefficient (Wildman–Crippen LogP) is 2.56. The van der Waals surface area contributed by atoms with E-state index in [1.807, 2.05) is 37.3 Å². The van der Waals surface area contributed by atoms with Gasteiger partial charge in [-0.25, -0.2) is 4.98 Å². The summed E-state index contributed by atoms with van der Waals surface area (Å²) in [5.74, 6) is -0.114. The Labute approximate surface area is 133 Å². The zero-order valence-corrected chi connectivity index (χ0v) is 13.2. The van der Waals surface area contributed by atoms with Crippen LogP contribution in [0.25, 0.3) is 11.3 Å². The molecule has 22 heavy (non-hydrogen) atoms. The maximum Gasteiger partial charge on any atom is 0.254 e. The Kier molecular flexibility index (Phi) is 4.52. The number of anilines is 1. The van der Waals surface area contributed by atoms with Crippen LogP contribution in [-0.2, 0) is 9.53 Å². The number of ether oxygens (including phenoxy) is 1. The van der Waals surface area contributed by atoms with Gasteiger partial charge in [-0.1, -0.05) is 30.3 Å². The van der Waals surface area contributed by atoms with Crippen LogP contribution in [0.15, 0.2) is 30.3 Å². The minimum Gasteiger partial charge on any atom is -0.364 e. The molecule has 2 aromatic rings. The smallest absolute Gasteiger partial charge is 0.254 e. The molecule has 2 heterocycles. The van der Waals surface area contributed by atoms with Gasteiger partial charge in [0.1, 0.15) is 16.8 Å². The van der Waals surface area contributed by atoms with Crippen LogP contribution in [0.2, 0.25) is 0 Å². The first-order chi connectivity index (χ1) is 10.7. The fourth-order valence-electron chi connectivity index (χ4n) is 2.57. The first kappa shape index (κ1) is 15.1. The van der Waals surface area contributed by atoms with E-state index in [0.29, 0.717) is 13.0 Å². The number of nitrogens with two attached hydrogens (primary N) is 1. The van der Waals surface area contributed by atoms with Gasteiger partial charge in [-0.2, -0.15) is 0 Å². The first-order valence-electron chi connectivity index (χ1n) is 7.36. The molecule has 5 nitrogen and oxygen atoms in total. The fraction of sp³-hybridized carbons (Fsp3) is 0.375. The molecule has 0 saturated carbocycles. The molecule has 3 N–H and O–H groups in total. The zero-order chi connectivity index (χ0) is 15.5. The molecule has 1 aliphatic rings.